The van der Waals surface area contributed by atoms with E-state index in [9.17, 15) is 0 Å². The molecule has 0 N–H and O–H groups in total. The minimum Gasteiger partial charge on any atom is -0.497 e. The second-order valence-corrected chi connectivity index (χ2v) is 7.50. The molecule has 0 saturated carbocycles. The summed E-state index contributed by atoms with van der Waals surface area (Å²) in [5.74, 6) is 2.64. The van der Waals surface area contributed by atoms with Crippen LogP contribution in [0.5, 0.6) is 11.5 Å². The van der Waals surface area contributed by atoms with Gasteiger partial charge in [0.1, 0.15) is 18.1 Å². The molecule has 4 rings (SSSR count). The van der Waals surface area contributed by atoms with Crippen LogP contribution < -0.4 is 9.47 Å². The van der Waals surface area contributed by atoms with Gasteiger partial charge in [0.05, 0.1) is 23.5 Å². The monoisotopic (exact) mass is 438 g/mol. The first kappa shape index (κ1) is 20.9. The van der Waals surface area contributed by atoms with Gasteiger partial charge < -0.3 is 13.9 Å². The summed E-state index contributed by atoms with van der Waals surface area (Å²) in [6.07, 6.45) is 0.582. The van der Waals surface area contributed by atoms with Crippen molar-refractivity contribution in [3.63, 3.8) is 0 Å². The number of methoxy groups -OCH3 is 1. The van der Waals surface area contributed by atoms with Gasteiger partial charge in [-0.25, -0.2) is 0 Å². The van der Waals surface area contributed by atoms with E-state index >= 15 is 0 Å². The standard InChI is InChI=1S/C23H23ClN4O3/c1-15-22(24)16(2)28(27-15)13-12-21-25-26-23(31-21)18-6-4-17(5-7-18)14-30-20-10-8-19(29-3)9-11-20/h4-11H,12-14H2,1-3H3. The Balaban J connectivity index is 1.34. The van der Waals surface area contributed by atoms with Crippen LogP contribution in [0.4, 0.5) is 0 Å². The van der Waals surface area contributed by atoms with Crippen molar-refractivity contribution in [1.29, 1.82) is 0 Å². The molecule has 0 bridgehead atoms. The number of hydrogen-bond acceptors (Lipinski definition) is 6. The average Bonchev–Trinajstić information content (AvgIpc) is 3.37. The molecule has 8 heteroatoms. The molecule has 0 unspecified atom stereocenters. The van der Waals surface area contributed by atoms with E-state index in [1.807, 2.05) is 67.1 Å². The van der Waals surface area contributed by atoms with E-state index in [2.05, 4.69) is 15.3 Å². The van der Waals surface area contributed by atoms with Crippen LogP contribution in [-0.2, 0) is 19.6 Å². The summed E-state index contributed by atoms with van der Waals surface area (Å²) < 4.78 is 18.6. The third-order valence-corrected chi connectivity index (χ3v) is 5.51. The molecule has 0 saturated heterocycles. The summed E-state index contributed by atoms with van der Waals surface area (Å²) in [4.78, 5) is 0. The average molecular weight is 439 g/mol. The molecule has 7 nitrogen and oxygen atoms in total. The number of hydrogen-bond donors (Lipinski definition) is 0. The van der Waals surface area contributed by atoms with Crippen molar-refractivity contribution in [2.24, 2.45) is 0 Å². The van der Waals surface area contributed by atoms with Crippen molar-refractivity contribution in [2.45, 2.75) is 33.4 Å². The van der Waals surface area contributed by atoms with Crippen LogP contribution >= 0.6 is 11.6 Å². The summed E-state index contributed by atoms with van der Waals surface area (Å²) in [5, 5.41) is 13.4. The number of rotatable bonds is 8. The quantitative estimate of drug-likeness (QED) is 0.384. The largest absolute Gasteiger partial charge is 0.497 e. The van der Waals surface area contributed by atoms with Crippen LogP contribution in [-0.4, -0.2) is 27.1 Å². The lowest BCUT2D eigenvalue weighted by atomic mass is 10.1. The van der Waals surface area contributed by atoms with Crippen LogP contribution in [0.3, 0.4) is 0 Å². The molecule has 0 atom stereocenters. The highest BCUT2D eigenvalue weighted by atomic mass is 35.5. The van der Waals surface area contributed by atoms with Gasteiger partial charge >= 0.3 is 0 Å². The molecular formula is C23H23ClN4O3. The van der Waals surface area contributed by atoms with Crippen molar-refractivity contribution in [3.8, 4) is 23.0 Å². The van der Waals surface area contributed by atoms with Crippen molar-refractivity contribution < 1.29 is 13.9 Å². The number of benzene rings is 2. The molecule has 2 aromatic carbocycles. The fourth-order valence-corrected chi connectivity index (χ4v) is 3.28. The first-order chi connectivity index (χ1) is 15.0. The molecule has 0 amide bonds. The summed E-state index contributed by atoms with van der Waals surface area (Å²) in [6, 6.07) is 15.4. The van der Waals surface area contributed by atoms with Crippen LogP contribution in [0.15, 0.2) is 52.9 Å². The van der Waals surface area contributed by atoms with Crippen LogP contribution in [0, 0.1) is 13.8 Å². The van der Waals surface area contributed by atoms with Crippen molar-refractivity contribution in [2.75, 3.05) is 7.11 Å². The van der Waals surface area contributed by atoms with Gasteiger partial charge in [0.2, 0.25) is 11.8 Å². The Bertz CT molecular complexity index is 1150. The predicted octanol–water partition coefficient (Wildman–Crippen LogP) is 5.03. The van der Waals surface area contributed by atoms with E-state index in [1.165, 1.54) is 0 Å². The summed E-state index contributed by atoms with van der Waals surface area (Å²) in [6.45, 7) is 4.93. The van der Waals surface area contributed by atoms with E-state index in [0.29, 0.717) is 36.4 Å². The van der Waals surface area contributed by atoms with Gasteiger partial charge in [0, 0.05) is 18.5 Å². The highest BCUT2D eigenvalue weighted by Crippen LogP contribution is 2.22. The molecule has 31 heavy (non-hydrogen) atoms. The van der Waals surface area contributed by atoms with E-state index in [0.717, 1.165) is 34.0 Å². The Labute approximate surface area is 185 Å². The molecule has 4 aromatic rings. The summed E-state index contributed by atoms with van der Waals surface area (Å²) in [5.41, 5.74) is 3.66. The zero-order valence-electron chi connectivity index (χ0n) is 17.6. The molecule has 160 valence electrons. The lowest BCUT2D eigenvalue weighted by Crippen LogP contribution is -2.05. The second kappa shape index (κ2) is 9.22. The molecular weight excluding hydrogens is 416 g/mol. The molecule has 2 aromatic heterocycles. The molecule has 0 spiro atoms. The SMILES string of the molecule is COc1ccc(OCc2ccc(-c3nnc(CCn4nc(C)c(Cl)c4C)o3)cc2)cc1. The highest BCUT2D eigenvalue weighted by molar-refractivity contribution is 6.31. The maximum atomic E-state index is 6.20. The third-order valence-electron chi connectivity index (χ3n) is 4.96. The number of aryl methyl sites for hydroxylation is 3. The topological polar surface area (TPSA) is 75.2 Å². The van der Waals surface area contributed by atoms with E-state index in [4.69, 9.17) is 25.5 Å². The number of aromatic nitrogens is 4. The third kappa shape index (κ3) is 4.88. The second-order valence-electron chi connectivity index (χ2n) is 7.12. The fraction of sp³-hybridized carbons (Fsp3) is 0.261. The first-order valence-corrected chi connectivity index (χ1v) is 10.3. The van der Waals surface area contributed by atoms with E-state index in [1.54, 1.807) is 7.11 Å². The molecule has 0 aliphatic rings. The van der Waals surface area contributed by atoms with Crippen LogP contribution in [0.25, 0.3) is 11.5 Å². The molecule has 0 aliphatic heterocycles. The Hall–Kier alpha value is -3.32. The Morgan fingerprint density at radius 2 is 1.68 bits per heavy atom. The Morgan fingerprint density at radius 1 is 0.968 bits per heavy atom. The molecule has 0 fully saturated rings. The van der Waals surface area contributed by atoms with Gasteiger partial charge in [0.25, 0.3) is 0 Å². The van der Waals surface area contributed by atoms with Crippen molar-refractivity contribution in [1.82, 2.24) is 20.0 Å². The van der Waals surface area contributed by atoms with Crippen molar-refractivity contribution >= 4 is 11.6 Å². The lowest BCUT2D eigenvalue weighted by molar-refractivity contribution is 0.305. The first-order valence-electron chi connectivity index (χ1n) is 9.91. The minimum absolute atomic E-state index is 0.465. The van der Waals surface area contributed by atoms with E-state index in [-0.39, 0.29) is 0 Å². The van der Waals surface area contributed by atoms with Crippen molar-refractivity contribution in [3.05, 3.63) is 76.4 Å². The molecule has 2 heterocycles. The summed E-state index contributed by atoms with van der Waals surface area (Å²) >= 11 is 6.20. The minimum atomic E-state index is 0.465. The van der Waals surface area contributed by atoms with Gasteiger partial charge in [-0.05, 0) is 55.8 Å². The van der Waals surface area contributed by atoms with Gasteiger partial charge in [-0.2, -0.15) is 5.10 Å². The molecule has 0 radical (unpaired) electrons. The van der Waals surface area contributed by atoms with Gasteiger partial charge in [-0.15, -0.1) is 10.2 Å². The zero-order chi connectivity index (χ0) is 21.8. The normalized spacial score (nSPS) is 11.0. The van der Waals surface area contributed by atoms with Gasteiger partial charge in [-0.1, -0.05) is 23.7 Å². The maximum Gasteiger partial charge on any atom is 0.247 e. The number of halogens is 1. The Kier molecular flexibility index (Phi) is 6.23. The maximum absolute atomic E-state index is 6.20. The fourth-order valence-electron chi connectivity index (χ4n) is 3.15. The lowest BCUT2D eigenvalue weighted by Gasteiger charge is -2.07. The van der Waals surface area contributed by atoms with E-state index < -0.39 is 0 Å². The van der Waals surface area contributed by atoms with Crippen LogP contribution in [0.2, 0.25) is 5.02 Å². The predicted molar refractivity (Wildman–Crippen MR) is 117 cm³/mol. The molecule has 0 aliphatic carbocycles. The summed E-state index contributed by atoms with van der Waals surface area (Å²) in [7, 11) is 1.64. The smallest absolute Gasteiger partial charge is 0.247 e. The number of nitrogens with zero attached hydrogens (tertiary/aromatic N) is 4. The van der Waals surface area contributed by atoms with Gasteiger partial charge in [0.15, 0.2) is 0 Å². The zero-order valence-corrected chi connectivity index (χ0v) is 18.4. The van der Waals surface area contributed by atoms with Gasteiger partial charge in [-0.3, -0.25) is 4.68 Å². The number of ether oxygens (including phenoxy) is 2. The van der Waals surface area contributed by atoms with Crippen LogP contribution in [0.1, 0.15) is 22.8 Å². The Morgan fingerprint density at radius 3 is 2.32 bits per heavy atom. The highest BCUT2D eigenvalue weighted by Gasteiger charge is 2.12.